The summed E-state index contributed by atoms with van der Waals surface area (Å²) < 4.78 is 5.74. The van der Waals surface area contributed by atoms with Gasteiger partial charge in [-0.25, -0.2) is 0 Å². The van der Waals surface area contributed by atoms with Gasteiger partial charge in [0.15, 0.2) is 0 Å². The average Bonchev–Trinajstić information content (AvgIpc) is 2.68. The maximum atomic E-state index is 10.3. The summed E-state index contributed by atoms with van der Waals surface area (Å²) in [5.41, 5.74) is 2.22. The molecule has 0 unspecified atom stereocenters. The largest absolute Gasteiger partial charge is 0.485 e. The third-order valence-electron chi connectivity index (χ3n) is 4.33. The van der Waals surface area contributed by atoms with Crippen LogP contribution in [-0.2, 0) is 6.61 Å². The first-order valence-corrected chi connectivity index (χ1v) is 9.68. The number of nitrogens with zero attached hydrogens (tertiary/aromatic N) is 1. The standard InChI is InChI=1S/C19H19NO4S2/c20-8-12-6-7-15(24-18-17(23)14(22)10-26-19(18)25)16(13(12)9-21)11-4-2-1-3-5-11/h1-7,14,17-19,21-23,25H,9-10H2/t14-,17+,18-,19-/m1/s1. The van der Waals surface area contributed by atoms with Crippen LogP contribution < -0.4 is 4.74 Å². The van der Waals surface area contributed by atoms with Crippen LogP contribution in [0.3, 0.4) is 0 Å². The van der Waals surface area contributed by atoms with Gasteiger partial charge in [-0.15, -0.1) is 11.8 Å². The van der Waals surface area contributed by atoms with Crippen LogP contribution >= 0.6 is 24.4 Å². The Hall–Kier alpha value is -1.69. The minimum atomic E-state index is -1.07. The average molecular weight is 389 g/mol. The number of rotatable bonds is 4. The maximum Gasteiger partial charge on any atom is 0.148 e. The minimum Gasteiger partial charge on any atom is -0.485 e. The van der Waals surface area contributed by atoms with Crippen molar-refractivity contribution in [3.8, 4) is 22.9 Å². The topological polar surface area (TPSA) is 93.7 Å². The maximum absolute atomic E-state index is 10.3. The Morgan fingerprint density at radius 3 is 2.58 bits per heavy atom. The number of thiol groups is 1. The van der Waals surface area contributed by atoms with Crippen LogP contribution in [0.15, 0.2) is 42.5 Å². The Morgan fingerprint density at radius 1 is 1.19 bits per heavy atom. The van der Waals surface area contributed by atoms with Gasteiger partial charge in [-0.05, 0) is 17.7 Å². The Morgan fingerprint density at radius 2 is 1.92 bits per heavy atom. The van der Waals surface area contributed by atoms with Gasteiger partial charge in [-0.3, -0.25) is 0 Å². The summed E-state index contributed by atoms with van der Waals surface area (Å²) in [6.07, 6.45) is -2.70. The SMILES string of the molecule is N#Cc1ccc(O[C@@H]2[C@@H](O)[C@H](O)CS[C@H]2S)c(-c2ccccc2)c1CO. The van der Waals surface area contributed by atoms with Crippen LogP contribution in [0.5, 0.6) is 5.75 Å². The van der Waals surface area contributed by atoms with E-state index in [-0.39, 0.29) is 11.2 Å². The van der Waals surface area contributed by atoms with E-state index in [1.54, 1.807) is 12.1 Å². The smallest absolute Gasteiger partial charge is 0.148 e. The van der Waals surface area contributed by atoms with Crippen molar-refractivity contribution in [3.05, 3.63) is 53.6 Å². The van der Waals surface area contributed by atoms with Crippen molar-refractivity contribution < 1.29 is 20.1 Å². The molecule has 1 saturated heterocycles. The lowest BCUT2D eigenvalue weighted by Gasteiger charge is -2.36. The van der Waals surface area contributed by atoms with E-state index in [0.717, 1.165) is 5.56 Å². The lowest BCUT2D eigenvalue weighted by molar-refractivity contribution is -0.0370. The summed E-state index contributed by atoms with van der Waals surface area (Å²) in [6.45, 7) is -0.320. The number of hydrogen-bond acceptors (Lipinski definition) is 7. The van der Waals surface area contributed by atoms with E-state index in [1.165, 1.54) is 11.8 Å². The summed E-state index contributed by atoms with van der Waals surface area (Å²) in [7, 11) is 0. The van der Waals surface area contributed by atoms with Crippen LogP contribution in [0, 0.1) is 11.3 Å². The molecule has 3 rings (SSSR count). The predicted octanol–water partition coefficient (Wildman–Crippen LogP) is 2.19. The zero-order valence-corrected chi connectivity index (χ0v) is 15.5. The zero-order chi connectivity index (χ0) is 18.7. The molecule has 7 heteroatoms. The van der Waals surface area contributed by atoms with E-state index >= 15 is 0 Å². The molecule has 1 aliphatic heterocycles. The van der Waals surface area contributed by atoms with E-state index < -0.39 is 18.3 Å². The molecule has 5 nitrogen and oxygen atoms in total. The fraction of sp³-hybridized carbons (Fsp3) is 0.316. The van der Waals surface area contributed by atoms with E-state index in [0.29, 0.717) is 28.2 Å². The fourth-order valence-electron chi connectivity index (χ4n) is 2.97. The first-order chi connectivity index (χ1) is 12.6. The second-order valence-electron chi connectivity index (χ2n) is 5.97. The Balaban J connectivity index is 2.08. The number of benzene rings is 2. The minimum absolute atomic E-state index is 0.315. The predicted molar refractivity (Wildman–Crippen MR) is 104 cm³/mol. The Bertz CT molecular complexity index is 809. The van der Waals surface area contributed by atoms with Gasteiger partial charge in [0.25, 0.3) is 0 Å². The van der Waals surface area contributed by atoms with Gasteiger partial charge < -0.3 is 20.1 Å². The van der Waals surface area contributed by atoms with E-state index in [4.69, 9.17) is 4.74 Å². The first kappa shape index (κ1) is 19.1. The molecule has 136 valence electrons. The zero-order valence-electron chi connectivity index (χ0n) is 13.8. The second kappa shape index (κ2) is 8.33. The van der Waals surface area contributed by atoms with E-state index in [1.807, 2.05) is 30.3 Å². The number of aliphatic hydroxyl groups excluding tert-OH is 3. The third-order valence-corrected chi connectivity index (χ3v) is 6.21. The van der Waals surface area contributed by atoms with Crippen molar-refractivity contribution in [2.24, 2.45) is 0 Å². The highest BCUT2D eigenvalue weighted by Gasteiger charge is 2.39. The molecule has 1 fully saturated rings. The van der Waals surface area contributed by atoms with Gasteiger partial charge >= 0.3 is 0 Å². The number of hydrogen-bond donors (Lipinski definition) is 4. The summed E-state index contributed by atoms with van der Waals surface area (Å²) >= 11 is 5.86. The lowest BCUT2D eigenvalue weighted by Crippen LogP contribution is -2.50. The summed E-state index contributed by atoms with van der Waals surface area (Å²) in [5.74, 6) is 0.813. The second-order valence-corrected chi connectivity index (χ2v) is 8.05. The third kappa shape index (κ3) is 3.70. The molecule has 2 aromatic rings. The van der Waals surface area contributed by atoms with Gasteiger partial charge in [-0.1, -0.05) is 30.3 Å². The van der Waals surface area contributed by atoms with Gasteiger partial charge in [0, 0.05) is 16.9 Å². The van der Waals surface area contributed by atoms with E-state index in [2.05, 4.69) is 18.7 Å². The van der Waals surface area contributed by atoms with Gasteiger partial charge in [0.05, 0.1) is 28.9 Å². The number of aliphatic hydroxyl groups is 3. The van der Waals surface area contributed by atoms with Gasteiger partial charge in [0.1, 0.15) is 18.0 Å². The molecule has 0 radical (unpaired) electrons. The molecule has 1 heterocycles. The molecule has 2 aromatic carbocycles. The molecular formula is C19H19NO4S2. The molecule has 0 amide bonds. The van der Waals surface area contributed by atoms with Crippen LogP contribution in [-0.4, -0.2) is 44.0 Å². The number of thioether (sulfide) groups is 1. The van der Waals surface area contributed by atoms with Gasteiger partial charge in [-0.2, -0.15) is 17.9 Å². The molecule has 0 aromatic heterocycles. The highest BCUT2D eigenvalue weighted by molar-refractivity contribution is 8.10. The van der Waals surface area contributed by atoms with Crippen molar-refractivity contribution in [3.63, 3.8) is 0 Å². The fourth-order valence-corrected chi connectivity index (χ4v) is 4.46. The van der Waals surface area contributed by atoms with Crippen molar-refractivity contribution in [1.82, 2.24) is 0 Å². The monoisotopic (exact) mass is 389 g/mol. The highest BCUT2D eigenvalue weighted by atomic mass is 32.2. The first-order valence-electron chi connectivity index (χ1n) is 8.11. The molecule has 26 heavy (non-hydrogen) atoms. The van der Waals surface area contributed by atoms with E-state index in [9.17, 15) is 20.6 Å². The quantitative estimate of drug-likeness (QED) is 0.599. The van der Waals surface area contributed by atoms with Crippen LogP contribution in [0.4, 0.5) is 0 Å². The highest BCUT2D eigenvalue weighted by Crippen LogP contribution is 2.39. The molecule has 0 spiro atoms. The normalized spacial score (nSPS) is 25.5. The Labute approximate surface area is 161 Å². The van der Waals surface area contributed by atoms with Crippen LogP contribution in [0.2, 0.25) is 0 Å². The Kier molecular flexibility index (Phi) is 6.12. The summed E-state index contributed by atoms with van der Waals surface area (Å²) in [5, 5.41) is 39.5. The lowest BCUT2D eigenvalue weighted by atomic mass is 9.95. The molecule has 1 aliphatic rings. The molecule has 0 aliphatic carbocycles. The molecule has 0 bridgehead atoms. The van der Waals surface area contributed by atoms with Crippen LogP contribution in [0.1, 0.15) is 11.1 Å². The van der Waals surface area contributed by atoms with Crippen LogP contribution in [0.25, 0.3) is 11.1 Å². The molecule has 4 atom stereocenters. The van der Waals surface area contributed by atoms with Gasteiger partial charge in [0.2, 0.25) is 0 Å². The van der Waals surface area contributed by atoms with Crippen molar-refractivity contribution in [2.45, 2.75) is 29.5 Å². The van der Waals surface area contributed by atoms with Crippen molar-refractivity contribution in [2.75, 3.05) is 5.75 Å². The number of nitriles is 1. The molecular weight excluding hydrogens is 370 g/mol. The molecule has 3 N–H and O–H groups in total. The van der Waals surface area contributed by atoms with Crippen molar-refractivity contribution in [1.29, 1.82) is 5.26 Å². The number of ether oxygens (including phenoxy) is 1. The molecule has 0 saturated carbocycles. The van der Waals surface area contributed by atoms with Crippen molar-refractivity contribution >= 4 is 24.4 Å². The summed E-state index contributed by atoms with van der Waals surface area (Å²) in [6, 6.07) is 14.6. The summed E-state index contributed by atoms with van der Waals surface area (Å²) in [4.78, 5) is 0.